The van der Waals surface area contributed by atoms with Crippen molar-refractivity contribution >= 4 is 0 Å². The summed E-state index contributed by atoms with van der Waals surface area (Å²) in [5, 5.41) is 0. The minimum absolute atomic E-state index is 0.282. The molecule has 1 heterocycles. The van der Waals surface area contributed by atoms with Gasteiger partial charge in [-0.1, -0.05) is 13.3 Å². The molecule has 1 aliphatic carbocycles. The average Bonchev–Trinajstić information content (AvgIpc) is 2.94. The van der Waals surface area contributed by atoms with Crippen molar-refractivity contribution in [3.8, 4) is 17.2 Å². The van der Waals surface area contributed by atoms with Gasteiger partial charge in [-0.3, -0.25) is 0 Å². The van der Waals surface area contributed by atoms with Crippen molar-refractivity contribution in [2.45, 2.75) is 51.7 Å². The topological polar surface area (TPSA) is 53.7 Å². The van der Waals surface area contributed by atoms with Gasteiger partial charge in [0.2, 0.25) is 6.79 Å². The van der Waals surface area contributed by atoms with E-state index in [4.69, 9.17) is 19.9 Å². The van der Waals surface area contributed by atoms with Gasteiger partial charge in [0.05, 0.1) is 6.10 Å². The van der Waals surface area contributed by atoms with Gasteiger partial charge in [0, 0.05) is 18.2 Å². The third-order valence-corrected chi connectivity index (χ3v) is 4.44. The van der Waals surface area contributed by atoms with Gasteiger partial charge in [-0.25, -0.2) is 0 Å². The molecule has 2 N–H and O–H groups in total. The number of ether oxygens (including phenoxy) is 3. The third kappa shape index (κ3) is 2.70. The predicted molar refractivity (Wildman–Crippen MR) is 77.1 cm³/mol. The Kier molecular flexibility index (Phi) is 4.01. The highest BCUT2D eigenvalue weighted by Gasteiger charge is 2.23. The van der Waals surface area contributed by atoms with Gasteiger partial charge >= 0.3 is 0 Å². The molecular formula is C16H23NO3. The van der Waals surface area contributed by atoms with Gasteiger partial charge in [0.1, 0.15) is 5.75 Å². The molecule has 4 heteroatoms. The number of fused-ring (bicyclic) bond motifs is 1. The molecule has 0 aromatic heterocycles. The highest BCUT2D eigenvalue weighted by atomic mass is 16.7. The molecule has 1 aromatic rings. The SMILES string of the molecule is CCC1CCC(Oc2cc3c(cc2CN)OCO3)CC1. The fourth-order valence-corrected chi connectivity index (χ4v) is 3.07. The molecular weight excluding hydrogens is 254 g/mol. The molecule has 1 aromatic carbocycles. The Labute approximate surface area is 120 Å². The Morgan fingerprint density at radius 1 is 1.15 bits per heavy atom. The smallest absolute Gasteiger partial charge is 0.231 e. The van der Waals surface area contributed by atoms with Crippen LogP contribution in [0.5, 0.6) is 17.2 Å². The van der Waals surface area contributed by atoms with Crippen molar-refractivity contribution in [3.63, 3.8) is 0 Å². The molecule has 0 bridgehead atoms. The summed E-state index contributed by atoms with van der Waals surface area (Å²) in [6.45, 7) is 3.01. The van der Waals surface area contributed by atoms with Crippen LogP contribution in [0, 0.1) is 5.92 Å². The van der Waals surface area contributed by atoms with E-state index in [2.05, 4.69) is 6.92 Å². The van der Waals surface area contributed by atoms with Gasteiger partial charge in [0.25, 0.3) is 0 Å². The molecule has 1 aliphatic heterocycles. The molecule has 3 rings (SSSR count). The first-order chi connectivity index (χ1) is 9.80. The van der Waals surface area contributed by atoms with Gasteiger partial charge < -0.3 is 19.9 Å². The fourth-order valence-electron chi connectivity index (χ4n) is 3.07. The van der Waals surface area contributed by atoms with Gasteiger partial charge in [-0.2, -0.15) is 0 Å². The van der Waals surface area contributed by atoms with Crippen LogP contribution in [0.15, 0.2) is 12.1 Å². The first-order valence-electron chi connectivity index (χ1n) is 7.59. The van der Waals surface area contributed by atoms with Crippen LogP contribution >= 0.6 is 0 Å². The number of nitrogens with two attached hydrogens (primary N) is 1. The first-order valence-corrected chi connectivity index (χ1v) is 7.59. The zero-order valence-electron chi connectivity index (χ0n) is 12.1. The molecule has 2 aliphatic rings. The minimum Gasteiger partial charge on any atom is -0.490 e. The van der Waals surface area contributed by atoms with Crippen molar-refractivity contribution < 1.29 is 14.2 Å². The van der Waals surface area contributed by atoms with Crippen LogP contribution in [0.4, 0.5) is 0 Å². The average molecular weight is 277 g/mol. The monoisotopic (exact) mass is 277 g/mol. The maximum Gasteiger partial charge on any atom is 0.231 e. The molecule has 1 fully saturated rings. The summed E-state index contributed by atoms with van der Waals surface area (Å²) in [7, 11) is 0. The lowest BCUT2D eigenvalue weighted by Crippen LogP contribution is -2.24. The molecule has 0 saturated heterocycles. The van der Waals surface area contributed by atoms with Crippen LogP contribution in [0.25, 0.3) is 0 Å². The second-order valence-corrected chi connectivity index (χ2v) is 5.69. The van der Waals surface area contributed by atoms with Crippen molar-refractivity contribution in [2.24, 2.45) is 11.7 Å². The molecule has 110 valence electrons. The van der Waals surface area contributed by atoms with Crippen molar-refractivity contribution in [1.82, 2.24) is 0 Å². The Hall–Kier alpha value is -1.42. The van der Waals surface area contributed by atoms with Gasteiger partial charge in [-0.15, -0.1) is 0 Å². The highest BCUT2D eigenvalue weighted by Crippen LogP contribution is 2.39. The molecule has 1 saturated carbocycles. The molecule has 4 nitrogen and oxygen atoms in total. The van der Waals surface area contributed by atoms with E-state index in [1.54, 1.807) is 0 Å². The Morgan fingerprint density at radius 3 is 2.50 bits per heavy atom. The van der Waals surface area contributed by atoms with E-state index < -0.39 is 0 Å². The summed E-state index contributed by atoms with van der Waals surface area (Å²) in [5.74, 6) is 3.27. The summed E-state index contributed by atoms with van der Waals surface area (Å²) < 4.78 is 17.0. The van der Waals surface area contributed by atoms with Gasteiger partial charge in [-0.05, 0) is 37.7 Å². The Bertz CT molecular complexity index is 467. The predicted octanol–water partition coefficient (Wildman–Crippen LogP) is 3.22. The van der Waals surface area contributed by atoms with Crippen molar-refractivity contribution in [1.29, 1.82) is 0 Å². The molecule has 0 unspecified atom stereocenters. The first kappa shape index (κ1) is 13.6. The number of hydrogen-bond acceptors (Lipinski definition) is 4. The zero-order valence-corrected chi connectivity index (χ0v) is 12.1. The molecule has 0 amide bonds. The van der Waals surface area contributed by atoms with E-state index in [1.165, 1.54) is 19.3 Å². The normalized spacial score (nSPS) is 24.7. The third-order valence-electron chi connectivity index (χ3n) is 4.44. The van der Waals surface area contributed by atoms with E-state index in [-0.39, 0.29) is 6.79 Å². The summed E-state index contributed by atoms with van der Waals surface area (Å²) in [5.41, 5.74) is 6.81. The van der Waals surface area contributed by atoms with E-state index in [0.717, 1.165) is 41.6 Å². The Morgan fingerprint density at radius 2 is 1.85 bits per heavy atom. The second-order valence-electron chi connectivity index (χ2n) is 5.69. The van der Waals surface area contributed by atoms with Crippen LogP contribution in [0.1, 0.15) is 44.6 Å². The summed E-state index contributed by atoms with van der Waals surface area (Å²) >= 11 is 0. The summed E-state index contributed by atoms with van der Waals surface area (Å²) in [6.07, 6.45) is 6.40. The second kappa shape index (κ2) is 5.92. The number of rotatable bonds is 4. The molecule has 20 heavy (non-hydrogen) atoms. The summed E-state index contributed by atoms with van der Waals surface area (Å²) in [4.78, 5) is 0. The number of benzene rings is 1. The molecule has 0 atom stereocenters. The van der Waals surface area contributed by atoms with Crippen LogP contribution in [0.2, 0.25) is 0 Å². The van der Waals surface area contributed by atoms with Crippen LogP contribution < -0.4 is 19.9 Å². The summed E-state index contributed by atoms with van der Waals surface area (Å²) in [6, 6.07) is 3.87. The highest BCUT2D eigenvalue weighted by molar-refractivity contribution is 5.51. The molecule has 0 spiro atoms. The van der Waals surface area contributed by atoms with Crippen molar-refractivity contribution in [2.75, 3.05) is 6.79 Å². The van der Waals surface area contributed by atoms with Crippen LogP contribution in [-0.2, 0) is 6.54 Å². The van der Waals surface area contributed by atoms with E-state index in [9.17, 15) is 0 Å². The van der Waals surface area contributed by atoms with E-state index >= 15 is 0 Å². The lowest BCUT2D eigenvalue weighted by molar-refractivity contribution is 0.128. The molecule has 0 radical (unpaired) electrons. The quantitative estimate of drug-likeness (QED) is 0.918. The number of hydrogen-bond donors (Lipinski definition) is 1. The Balaban J connectivity index is 1.71. The van der Waals surface area contributed by atoms with E-state index in [0.29, 0.717) is 12.6 Å². The van der Waals surface area contributed by atoms with Crippen molar-refractivity contribution in [3.05, 3.63) is 17.7 Å². The standard InChI is InChI=1S/C16H23NO3/c1-2-11-3-5-13(6-4-11)20-14-8-16-15(18-10-19-16)7-12(14)9-17/h7-8,11,13H,2-6,9-10,17H2,1H3. The van der Waals surface area contributed by atoms with E-state index in [1.807, 2.05) is 12.1 Å². The van der Waals surface area contributed by atoms with Crippen LogP contribution in [-0.4, -0.2) is 12.9 Å². The maximum atomic E-state index is 6.18. The van der Waals surface area contributed by atoms with Crippen LogP contribution in [0.3, 0.4) is 0 Å². The zero-order chi connectivity index (χ0) is 13.9. The largest absolute Gasteiger partial charge is 0.490 e. The fraction of sp³-hybridized carbons (Fsp3) is 0.625. The maximum absolute atomic E-state index is 6.18. The minimum atomic E-state index is 0.282. The van der Waals surface area contributed by atoms with Gasteiger partial charge in [0.15, 0.2) is 11.5 Å². The lowest BCUT2D eigenvalue weighted by atomic mass is 9.86. The lowest BCUT2D eigenvalue weighted by Gasteiger charge is -2.29.